The lowest BCUT2D eigenvalue weighted by atomic mass is 9.71. The molecule has 21 heavy (non-hydrogen) atoms. The highest BCUT2D eigenvalue weighted by molar-refractivity contribution is 5.42. The molecule has 0 radical (unpaired) electrons. The number of hydrogen-bond acceptors (Lipinski definition) is 3. The van der Waals surface area contributed by atoms with E-state index in [0.29, 0.717) is 17.7 Å². The van der Waals surface area contributed by atoms with Crippen molar-refractivity contribution in [3.05, 3.63) is 28.8 Å². The zero-order valence-corrected chi connectivity index (χ0v) is 13.8. The molecular formula is C18H29NO2. The van der Waals surface area contributed by atoms with Crippen molar-refractivity contribution in [3.63, 3.8) is 0 Å². The van der Waals surface area contributed by atoms with Crippen molar-refractivity contribution >= 4 is 0 Å². The zero-order valence-electron chi connectivity index (χ0n) is 13.8. The minimum atomic E-state index is -0.559. The first-order valence-corrected chi connectivity index (χ1v) is 7.93. The fourth-order valence-electron chi connectivity index (χ4n) is 3.16. The molecular weight excluding hydrogens is 262 g/mol. The Morgan fingerprint density at radius 3 is 2.10 bits per heavy atom. The van der Waals surface area contributed by atoms with Gasteiger partial charge in [0.05, 0.1) is 5.60 Å². The molecule has 0 bridgehead atoms. The highest BCUT2D eigenvalue weighted by Gasteiger charge is 2.36. The van der Waals surface area contributed by atoms with Gasteiger partial charge in [-0.3, -0.25) is 0 Å². The van der Waals surface area contributed by atoms with E-state index in [1.165, 1.54) is 0 Å². The number of phenols is 1. The second kappa shape index (κ2) is 5.98. The molecule has 3 heteroatoms. The van der Waals surface area contributed by atoms with Crippen molar-refractivity contribution in [1.82, 2.24) is 5.32 Å². The Kier molecular flexibility index (Phi) is 4.64. The quantitative estimate of drug-likeness (QED) is 0.796. The Morgan fingerprint density at radius 2 is 1.57 bits per heavy atom. The monoisotopic (exact) mass is 291 g/mol. The van der Waals surface area contributed by atoms with Crippen LogP contribution >= 0.6 is 0 Å². The maximum atomic E-state index is 10.6. The van der Waals surface area contributed by atoms with E-state index in [4.69, 9.17) is 0 Å². The van der Waals surface area contributed by atoms with Crippen molar-refractivity contribution in [2.24, 2.45) is 5.41 Å². The van der Waals surface area contributed by atoms with E-state index in [1.807, 2.05) is 26.0 Å². The van der Waals surface area contributed by atoms with Gasteiger partial charge in [0.15, 0.2) is 0 Å². The summed E-state index contributed by atoms with van der Waals surface area (Å²) in [5, 5.41) is 23.8. The van der Waals surface area contributed by atoms with E-state index in [1.54, 1.807) is 0 Å². The molecule has 0 spiro atoms. The minimum absolute atomic E-state index is 0.372. The lowest BCUT2D eigenvalue weighted by molar-refractivity contribution is -0.0245. The van der Waals surface area contributed by atoms with Crippen molar-refractivity contribution in [2.45, 2.75) is 65.5 Å². The number of aliphatic hydroxyl groups is 1. The van der Waals surface area contributed by atoms with Crippen LogP contribution in [0.2, 0.25) is 0 Å². The third-order valence-corrected chi connectivity index (χ3v) is 4.87. The Bertz CT molecular complexity index is 475. The molecule has 0 saturated heterocycles. The topological polar surface area (TPSA) is 52.5 Å². The number of nitrogens with one attached hydrogen (secondary N) is 1. The van der Waals surface area contributed by atoms with Crippen molar-refractivity contribution in [1.29, 1.82) is 0 Å². The molecule has 1 aromatic rings. The van der Waals surface area contributed by atoms with E-state index in [9.17, 15) is 10.2 Å². The van der Waals surface area contributed by atoms with E-state index in [-0.39, 0.29) is 0 Å². The molecule has 3 N–H and O–H groups in total. The average molecular weight is 291 g/mol. The van der Waals surface area contributed by atoms with Crippen molar-refractivity contribution in [2.75, 3.05) is 6.54 Å². The van der Waals surface area contributed by atoms with Crippen LogP contribution in [0.5, 0.6) is 5.75 Å². The standard InChI is InChI=1S/C18H29NO2/c1-13-9-15(10-14(2)16(13)20)11-19-12-18(21)7-5-17(3,4)6-8-18/h9-10,19-21H,5-8,11-12H2,1-4H3. The maximum Gasteiger partial charge on any atom is 0.121 e. The van der Waals surface area contributed by atoms with Gasteiger partial charge in [-0.1, -0.05) is 26.0 Å². The molecule has 118 valence electrons. The van der Waals surface area contributed by atoms with Crippen molar-refractivity contribution < 1.29 is 10.2 Å². The predicted molar refractivity (Wildman–Crippen MR) is 86.5 cm³/mol. The number of benzene rings is 1. The van der Waals surface area contributed by atoms with Crippen LogP contribution in [0, 0.1) is 19.3 Å². The van der Waals surface area contributed by atoms with Crippen LogP contribution in [0.15, 0.2) is 12.1 Å². The Hall–Kier alpha value is -1.06. The highest BCUT2D eigenvalue weighted by atomic mass is 16.3. The lowest BCUT2D eigenvalue weighted by Gasteiger charge is -2.40. The molecule has 0 atom stereocenters. The van der Waals surface area contributed by atoms with Crippen LogP contribution in [-0.4, -0.2) is 22.4 Å². The molecule has 0 aliphatic heterocycles. The van der Waals surface area contributed by atoms with Gasteiger partial charge in [-0.25, -0.2) is 0 Å². The van der Waals surface area contributed by atoms with Crippen LogP contribution < -0.4 is 5.32 Å². The van der Waals surface area contributed by atoms with E-state index >= 15 is 0 Å². The summed E-state index contributed by atoms with van der Waals surface area (Å²) in [7, 11) is 0. The van der Waals surface area contributed by atoms with Gasteiger partial charge in [-0.15, -0.1) is 0 Å². The summed E-state index contributed by atoms with van der Waals surface area (Å²) in [5.74, 6) is 0.381. The molecule has 0 aromatic heterocycles. The fraction of sp³-hybridized carbons (Fsp3) is 0.667. The second-order valence-electron chi connectivity index (χ2n) is 7.57. The number of aryl methyl sites for hydroxylation is 2. The molecule has 3 nitrogen and oxygen atoms in total. The van der Waals surface area contributed by atoms with Gasteiger partial charge < -0.3 is 15.5 Å². The average Bonchev–Trinajstić information content (AvgIpc) is 2.40. The molecule has 0 amide bonds. The van der Waals surface area contributed by atoms with Gasteiger partial charge in [0.1, 0.15) is 5.75 Å². The molecule has 1 aromatic carbocycles. The molecule has 0 unspecified atom stereocenters. The van der Waals surface area contributed by atoms with Crippen molar-refractivity contribution in [3.8, 4) is 5.75 Å². The summed E-state index contributed by atoms with van der Waals surface area (Å²) < 4.78 is 0. The van der Waals surface area contributed by atoms with E-state index < -0.39 is 5.60 Å². The third-order valence-electron chi connectivity index (χ3n) is 4.87. The van der Waals surface area contributed by atoms with Gasteiger partial charge in [0.2, 0.25) is 0 Å². The van der Waals surface area contributed by atoms with Gasteiger partial charge in [-0.05, 0) is 61.6 Å². The molecule has 1 fully saturated rings. The first kappa shape index (κ1) is 16.3. The maximum absolute atomic E-state index is 10.6. The first-order chi connectivity index (χ1) is 9.71. The number of aromatic hydroxyl groups is 1. The minimum Gasteiger partial charge on any atom is -0.507 e. The smallest absolute Gasteiger partial charge is 0.121 e. The van der Waals surface area contributed by atoms with Gasteiger partial charge in [0, 0.05) is 13.1 Å². The summed E-state index contributed by atoms with van der Waals surface area (Å²) in [5.41, 5.74) is 2.78. The van der Waals surface area contributed by atoms with Crippen LogP contribution in [0.4, 0.5) is 0 Å². The molecule has 1 aliphatic carbocycles. The largest absolute Gasteiger partial charge is 0.507 e. The molecule has 1 saturated carbocycles. The Labute approximate surface area is 128 Å². The summed E-state index contributed by atoms with van der Waals surface area (Å²) in [6.45, 7) is 9.77. The van der Waals surface area contributed by atoms with Gasteiger partial charge in [0.25, 0.3) is 0 Å². The van der Waals surface area contributed by atoms with Crippen LogP contribution in [0.25, 0.3) is 0 Å². The van der Waals surface area contributed by atoms with E-state index in [2.05, 4.69) is 19.2 Å². The second-order valence-corrected chi connectivity index (χ2v) is 7.57. The van der Waals surface area contributed by atoms with Crippen LogP contribution in [0.3, 0.4) is 0 Å². The third kappa shape index (κ3) is 4.21. The van der Waals surface area contributed by atoms with Crippen LogP contribution in [-0.2, 0) is 6.54 Å². The van der Waals surface area contributed by atoms with Gasteiger partial charge in [-0.2, -0.15) is 0 Å². The lowest BCUT2D eigenvalue weighted by Crippen LogP contribution is -2.44. The Morgan fingerprint density at radius 1 is 1.05 bits per heavy atom. The fourth-order valence-corrected chi connectivity index (χ4v) is 3.16. The SMILES string of the molecule is Cc1cc(CNCC2(O)CCC(C)(C)CC2)cc(C)c1O. The summed E-state index contributed by atoms with van der Waals surface area (Å²) in [6.07, 6.45) is 3.92. The summed E-state index contributed by atoms with van der Waals surface area (Å²) >= 11 is 0. The molecule has 0 heterocycles. The highest BCUT2D eigenvalue weighted by Crippen LogP contribution is 2.39. The van der Waals surface area contributed by atoms with Crippen LogP contribution in [0.1, 0.15) is 56.2 Å². The summed E-state index contributed by atoms with van der Waals surface area (Å²) in [6, 6.07) is 4.01. The number of hydrogen-bond donors (Lipinski definition) is 3. The first-order valence-electron chi connectivity index (χ1n) is 7.93. The van der Waals surface area contributed by atoms with E-state index in [0.717, 1.165) is 48.9 Å². The molecule has 1 aliphatic rings. The van der Waals surface area contributed by atoms with Gasteiger partial charge >= 0.3 is 0 Å². The predicted octanol–water partition coefficient (Wildman–Crippen LogP) is 3.43. The normalized spacial score (nSPS) is 20.4. The number of rotatable bonds is 4. The summed E-state index contributed by atoms with van der Waals surface area (Å²) in [4.78, 5) is 0. The Balaban J connectivity index is 1.87. The number of phenolic OH excluding ortho intramolecular Hbond substituents is 1. The molecule has 2 rings (SSSR count). The zero-order chi connectivity index (χ0) is 15.7.